The van der Waals surface area contributed by atoms with Crippen molar-refractivity contribution in [3.8, 4) is 11.1 Å². The summed E-state index contributed by atoms with van der Waals surface area (Å²) in [4.78, 5) is 25.6. The van der Waals surface area contributed by atoms with Crippen LogP contribution in [0.2, 0.25) is 5.02 Å². The van der Waals surface area contributed by atoms with Crippen molar-refractivity contribution < 1.29 is 14.3 Å². The van der Waals surface area contributed by atoms with Gasteiger partial charge in [-0.3, -0.25) is 4.79 Å². The monoisotopic (exact) mass is 519 g/mol. The van der Waals surface area contributed by atoms with Crippen LogP contribution in [-0.2, 0) is 4.74 Å². The van der Waals surface area contributed by atoms with Gasteiger partial charge in [0.15, 0.2) is 12.4 Å². The molecule has 6 rings (SSSR count). The van der Waals surface area contributed by atoms with Gasteiger partial charge in [0.25, 0.3) is 0 Å². The Labute approximate surface area is 226 Å². The Bertz CT molecular complexity index is 1510. The number of rotatable bonds is 6. The Morgan fingerprint density at radius 3 is 2.32 bits per heavy atom. The first-order chi connectivity index (χ1) is 18.6. The molecule has 4 aromatic carbocycles. The molecule has 0 fully saturated rings. The lowest BCUT2D eigenvalue weighted by Gasteiger charge is -2.37. The van der Waals surface area contributed by atoms with Gasteiger partial charge < -0.3 is 10.1 Å². The van der Waals surface area contributed by atoms with Crippen molar-refractivity contribution in [3.63, 3.8) is 0 Å². The van der Waals surface area contributed by atoms with Crippen LogP contribution in [0.5, 0.6) is 0 Å². The summed E-state index contributed by atoms with van der Waals surface area (Å²) in [6, 6.07) is 31.0. The molecule has 0 amide bonds. The number of ketones is 1. The molecule has 1 aliphatic carbocycles. The largest absolute Gasteiger partial charge is 0.454 e. The van der Waals surface area contributed by atoms with Gasteiger partial charge in [-0.25, -0.2) is 4.79 Å². The fourth-order valence-electron chi connectivity index (χ4n) is 5.50. The number of ether oxygens (including phenoxy) is 1. The number of hydrogen-bond acceptors (Lipinski definition) is 4. The average molecular weight is 520 g/mol. The van der Waals surface area contributed by atoms with Crippen LogP contribution in [0, 0.1) is 5.92 Å². The number of carbonyl (C=O) groups excluding carboxylic acids is 2. The van der Waals surface area contributed by atoms with E-state index in [1.54, 1.807) is 18.2 Å². The van der Waals surface area contributed by atoms with E-state index in [4.69, 9.17) is 16.3 Å². The van der Waals surface area contributed by atoms with E-state index >= 15 is 0 Å². The maximum atomic E-state index is 12.9. The van der Waals surface area contributed by atoms with Gasteiger partial charge in [-0.15, -0.1) is 0 Å². The first-order valence-corrected chi connectivity index (χ1v) is 13.1. The molecule has 0 bridgehead atoms. The first-order valence-electron chi connectivity index (χ1n) is 12.8. The van der Waals surface area contributed by atoms with E-state index in [1.807, 2.05) is 66.7 Å². The van der Waals surface area contributed by atoms with Crippen molar-refractivity contribution in [2.24, 2.45) is 5.92 Å². The Hall–Kier alpha value is -4.15. The summed E-state index contributed by atoms with van der Waals surface area (Å²) in [5.74, 6) is -0.192. The SMILES string of the molecule is O=C(COC(=O)c1ccc2c(c1)[C@@H]1C=CC[C@H]1[C@H](c1ccc(Cl)cc1)N2)c1ccc(-c2ccccc2)cc1. The Morgan fingerprint density at radius 1 is 0.842 bits per heavy atom. The van der Waals surface area contributed by atoms with E-state index in [0.717, 1.165) is 33.8 Å². The zero-order valence-corrected chi connectivity index (χ0v) is 21.4. The second-order valence-corrected chi connectivity index (χ2v) is 10.2. The summed E-state index contributed by atoms with van der Waals surface area (Å²) in [5.41, 5.74) is 6.34. The highest BCUT2D eigenvalue weighted by atomic mass is 35.5. The highest BCUT2D eigenvalue weighted by molar-refractivity contribution is 6.30. The Morgan fingerprint density at radius 2 is 1.55 bits per heavy atom. The van der Waals surface area contributed by atoms with Crippen LogP contribution in [0.25, 0.3) is 11.1 Å². The van der Waals surface area contributed by atoms with Crippen LogP contribution in [0.1, 0.15) is 50.2 Å². The van der Waals surface area contributed by atoms with Gasteiger partial charge in [0, 0.05) is 22.2 Å². The van der Waals surface area contributed by atoms with Crippen LogP contribution < -0.4 is 5.32 Å². The molecule has 5 heteroatoms. The Kier molecular flexibility index (Phi) is 6.57. The predicted molar refractivity (Wildman–Crippen MR) is 151 cm³/mol. The summed E-state index contributed by atoms with van der Waals surface area (Å²) in [5, 5.41) is 4.39. The van der Waals surface area contributed by atoms with Crippen LogP contribution >= 0.6 is 11.6 Å². The third kappa shape index (κ3) is 4.75. The minimum atomic E-state index is -0.500. The fourth-order valence-corrected chi connectivity index (χ4v) is 5.62. The van der Waals surface area contributed by atoms with E-state index in [9.17, 15) is 9.59 Å². The van der Waals surface area contributed by atoms with Crippen molar-refractivity contribution in [1.82, 2.24) is 0 Å². The maximum absolute atomic E-state index is 12.9. The second-order valence-electron chi connectivity index (χ2n) is 9.77. The number of Topliss-reactive ketones (excluding diaryl/α,β-unsaturated/α-hetero) is 1. The minimum absolute atomic E-state index is 0.156. The summed E-state index contributed by atoms with van der Waals surface area (Å²) >= 11 is 6.10. The lowest BCUT2D eigenvalue weighted by Crippen LogP contribution is -2.29. The normalized spacial score (nSPS) is 19.2. The molecule has 1 aliphatic heterocycles. The third-order valence-corrected chi connectivity index (χ3v) is 7.73. The molecule has 0 radical (unpaired) electrons. The van der Waals surface area contributed by atoms with Gasteiger partial charge in [0.1, 0.15) is 0 Å². The number of anilines is 1. The van der Waals surface area contributed by atoms with Gasteiger partial charge in [0.2, 0.25) is 0 Å². The molecular formula is C33H26ClNO3. The maximum Gasteiger partial charge on any atom is 0.338 e. The quantitative estimate of drug-likeness (QED) is 0.160. The van der Waals surface area contributed by atoms with E-state index in [2.05, 4.69) is 29.6 Å². The number of fused-ring (bicyclic) bond motifs is 3. The molecular weight excluding hydrogens is 494 g/mol. The minimum Gasteiger partial charge on any atom is -0.454 e. The summed E-state index contributed by atoms with van der Waals surface area (Å²) in [7, 11) is 0. The molecule has 38 heavy (non-hydrogen) atoms. The lowest BCUT2D eigenvalue weighted by molar-refractivity contribution is 0.0474. The second kappa shape index (κ2) is 10.3. The lowest BCUT2D eigenvalue weighted by atomic mass is 9.76. The van der Waals surface area contributed by atoms with Crippen LogP contribution in [0.4, 0.5) is 5.69 Å². The van der Waals surface area contributed by atoms with Gasteiger partial charge in [-0.2, -0.15) is 0 Å². The van der Waals surface area contributed by atoms with Crippen LogP contribution in [0.15, 0.2) is 109 Å². The van der Waals surface area contributed by atoms with Crippen molar-refractivity contribution in [2.75, 3.05) is 11.9 Å². The molecule has 4 nitrogen and oxygen atoms in total. The zero-order valence-electron chi connectivity index (χ0n) is 20.6. The third-order valence-electron chi connectivity index (χ3n) is 7.48. The molecule has 2 aliphatic rings. The van der Waals surface area contributed by atoms with Crippen molar-refractivity contribution in [2.45, 2.75) is 18.4 Å². The summed E-state index contributed by atoms with van der Waals surface area (Å²) < 4.78 is 5.42. The van der Waals surface area contributed by atoms with Gasteiger partial charge >= 0.3 is 5.97 Å². The summed E-state index contributed by atoms with van der Waals surface area (Å²) in [6.45, 7) is -0.302. The van der Waals surface area contributed by atoms with E-state index < -0.39 is 5.97 Å². The molecule has 0 aromatic heterocycles. The van der Waals surface area contributed by atoms with E-state index in [1.165, 1.54) is 5.56 Å². The predicted octanol–water partition coefficient (Wildman–Crippen LogP) is 7.87. The van der Waals surface area contributed by atoms with E-state index in [0.29, 0.717) is 17.0 Å². The van der Waals surface area contributed by atoms with Gasteiger partial charge in [-0.1, -0.05) is 90.5 Å². The number of hydrogen-bond donors (Lipinski definition) is 1. The van der Waals surface area contributed by atoms with Crippen LogP contribution in [-0.4, -0.2) is 18.4 Å². The topological polar surface area (TPSA) is 55.4 Å². The van der Waals surface area contributed by atoms with Crippen molar-refractivity contribution >= 4 is 29.0 Å². The van der Waals surface area contributed by atoms with Crippen molar-refractivity contribution in [1.29, 1.82) is 0 Å². The van der Waals surface area contributed by atoms with Gasteiger partial charge in [-0.05, 0) is 64.9 Å². The zero-order chi connectivity index (χ0) is 26.1. The molecule has 1 heterocycles. The first kappa shape index (κ1) is 24.2. The molecule has 0 unspecified atom stereocenters. The molecule has 0 saturated carbocycles. The highest BCUT2D eigenvalue weighted by Crippen LogP contribution is 2.50. The standard InChI is InChI=1S/C33H26ClNO3/c34-26-16-13-24(14-17-26)32-28-8-4-7-27(28)29-19-25(15-18-30(29)35-32)33(37)38-20-31(36)23-11-9-22(10-12-23)21-5-2-1-3-6-21/h1-7,9-19,27-28,32,35H,8,20H2/t27-,28-,32+/m1/s1. The van der Waals surface area contributed by atoms with E-state index in [-0.39, 0.29) is 24.3 Å². The van der Waals surface area contributed by atoms with Gasteiger partial charge in [0.05, 0.1) is 11.6 Å². The molecule has 0 spiro atoms. The fraction of sp³-hybridized carbons (Fsp3) is 0.152. The molecule has 0 saturated heterocycles. The molecule has 188 valence electrons. The smallest absolute Gasteiger partial charge is 0.338 e. The number of nitrogens with one attached hydrogen (secondary N) is 1. The molecule has 3 atom stereocenters. The number of benzene rings is 4. The Balaban J connectivity index is 1.14. The van der Waals surface area contributed by atoms with Crippen LogP contribution in [0.3, 0.4) is 0 Å². The average Bonchev–Trinajstić information content (AvgIpc) is 3.47. The molecule has 1 N–H and O–H groups in total. The highest BCUT2D eigenvalue weighted by Gasteiger charge is 2.38. The number of allylic oxidation sites excluding steroid dienone is 2. The van der Waals surface area contributed by atoms with Crippen molar-refractivity contribution in [3.05, 3.63) is 136 Å². The number of esters is 1. The molecule has 4 aromatic rings. The number of carbonyl (C=O) groups is 2. The summed E-state index contributed by atoms with van der Waals surface area (Å²) in [6.07, 6.45) is 5.39. The number of halogens is 1.